The number of pyridine rings is 1. The van der Waals surface area contributed by atoms with E-state index in [1.165, 1.54) is 0 Å². The van der Waals surface area contributed by atoms with Crippen molar-refractivity contribution in [1.29, 1.82) is 0 Å². The van der Waals surface area contributed by atoms with E-state index in [2.05, 4.69) is 10.3 Å². The van der Waals surface area contributed by atoms with E-state index >= 15 is 0 Å². The Kier molecular flexibility index (Phi) is 7.11. The van der Waals surface area contributed by atoms with E-state index in [0.29, 0.717) is 12.3 Å². The van der Waals surface area contributed by atoms with E-state index in [4.69, 9.17) is 9.47 Å². The van der Waals surface area contributed by atoms with Gasteiger partial charge in [0.25, 0.3) is 0 Å². The van der Waals surface area contributed by atoms with Gasteiger partial charge < -0.3 is 19.9 Å². The molecule has 0 unspecified atom stereocenters. The van der Waals surface area contributed by atoms with Crippen molar-refractivity contribution in [1.82, 2.24) is 10.3 Å². The van der Waals surface area contributed by atoms with E-state index in [9.17, 15) is 9.90 Å². The molecule has 0 aliphatic carbocycles. The van der Waals surface area contributed by atoms with Crippen LogP contribution in [0.15, 0.2) is 18.5 Å². The van der Waals surface area contributed by atoms with E-state index in [-0.39, 0.29) is 6.61 Å². The molecular formula is C16H26N2O4. The highest BCUT2D eigenvalue weighted by Crippen LogP contribution is 2.18. The number of aryl methyl sites for hydroxylation is 1. The zero-order valence-electron chi connectivity index (χ0n) is 13.8. The minimum absolute atomic E-state index is 0.231. The molecule has 1 rings (SSSR count). The van der Waals surface area contributed by atoms with Crippen molar-refractivity contribution in [2.24, 2.45) is 0 Å². The van der Waals surface area contributed by atoms with Gasteiger partial charge in [-0.3, -0.25) is 4.98 Å². The first-order chi connectivity index (χ1) is 10.3. The Morgan fingerprint density at radius 2 is 2.18 bits per heavy atom. The molecule has 1 aromatic rings. The molecule has 0 fully saturated rings. The van der Waals surface area contributed by atoms with Gasteiger partial charge in [0.1, 0.15) is 18.0 Å². The van der Waals surface area contributed by atoms with Gasteiger partial charge in [-0.2, -0.15) is 0 Å². The molecule has 0 saturated carbocycles. The van der Waals surface area contributed by atoms with Crippen LogP contribution < -0.4 is 10.1 Å². The summed E-state index contributed by atoms with van der Waals surface area (Å²) in [7, 11) is 0. The lowest BCUT2D eigenvalue weighted by Crippen LogP contribution is -2.33. The van der Waals surface area contributed by atoms with E-state index in [0.717, 1.165) is 18.4 Å². The van der Waals surface area contributed by atoms with E-state index < -0.39 is 17.8 Å². The van der Waals surface area contributed by atoms with Crippen LogP contribution in [0.25, 0.3) is 0 Å². The van der Waals surface area contributed by atoms with Crippen molar-refractivity contribution in [2.45, 2.75) is 52.2 Å². The fourth-order valence-corrected chi connectivity index (χ4v) is 1.74. The van der Waals surface area contributed by atoms with Gasteiger partial charge in [-0.25, -0.2) is 4.79 Å². The third-order valence-electron chi connectivity index (χ3n) is 2.64. The number of amides is 1. The lowest BCUT2D eigenvalue weighted by atomic mass is 10.1. The minimum Gasteiger partial charge on any atom is -0.489 e. The molecule has 1 heterocycles. The van der Waals surface area contributed by atoms with Gasteiger partial charge in [-0.1, -0.05) is 0 Å². The average Bonchev–Trinajstić information content (AvgIpc) is 2.40. The predicted octanol–water partition coefficient (Wildman–Crippen LogP) is 2.30. The predicted molar refractivity (Wildman–Crippen MR) is 84.0 cm³/mol. The van der Waals surface area contributed by atoms with Crippen LogP contribution in [0, 0.1) is 0 Å². The number of nitrogens with zero attached hydrogens (tertiary/aromatic N) is 1. The number of aliphatic hydroxyl groups is 1. The number of hydrogen-bond donors (Lipinski definition) is 2. The molecule has 6 heteroatoms. The topological polar surface area (TPSA) is 80.7 Å². The summed E-state index contributed by atoms with van der Waals surface area (Å²) >= 11 is 0. The zero-order chi connectivity index (χ0) is 16.6. The summed E-state index contributed by atoms with van der Waals surface area (Å²) in [6.07, 6.45) is 3.90. The first-order valence-electron chi connectivity index (χ1n) is 7.48. The number of hydrogen-bond acceptors (Lipinski definition) is 5. The molecule has 0 radical (unpaired) electrons. The average molecular weight is 310 g/mol. The molecule has 0 aliphatic rings. The van der Waals surface area contributed by atoms with Crippen LogP contribution in [0.1, 0.15) is 39.7 Å². The highest BCUT2D eigenvalue weighted by atomic mass is 16.6. The number of carbonyl (C=O) groups excluding carboxylic acids is 1. The van der Waals surface area contributed by atoms with Gasteiger partial charge in [-0.15, -0.1) is 0 Å². The molecule has 6 nitrogen and oxygen atoms in total. The maximum absolute atomic E-state index is 11.5. The van der Waals surface area contributed by atoms with E-state index in [1.807, 2.05) is 26.8 Å². The Morgan fingerprint density at radius 3 is 2.82 bits per heavy atom. The normalized spacial score (nSPS) is 12.6. The molecule has 0 saturated heterocycles. The number of ether oxygens (including phenoxy) is 2. The Balaban J connectivity index is 2.37. The molecule has 0 bridgehead atoms. The number of rotatable bonds is 7. The number of alkyl carbamates (subject to hydrolysis) is 1. The van der Waals surface area contributed by atoms with Crippen molar-refractivity contribution in [3.05, 3.63) is 24.0 Å². The van der Waals surface area contributed by atoms with Gasteiger partial charge >= 0.3 is 6.09 Å². The number of carbonyl (C=O) groups is 1. The van der Waals surface area contributed by atoms with Crippen LogP contribution in [-0.2, 0) is 11.2 Å². The summed E-state index contributed by atoms with van der Waals surface area (Å²) in [5, 5.41) is 12.0. The smallest absolute Gasteiger partial charge is 0.407 e. The summed E-state index contributed by atoms with van der Waals surface area (Å²) in [5.74, 6) is 0.667. The molecule has 1 aromatic heterocycles. The largest absolute Gasteiger partial charge is 0.489 e. The summed E-state index contributed by atoms with van der Waals surface area (Å²) in [5.41, 5.74) is 0.513. The number of aromatic nitrogens is 1. The molecule has 1 amide bonds. The second-order valence-corrected chi connectivity index (χ2v) is 6.18. The molecule has 0 aromatic carbocycles. The van der Waals surface area contributed by atoms with Crippen molar-refractivity contribution in [3.8, 4) is 5.75 Å². The Bertz CT molecular complexity index is 469. The minimum atomic E-state index is -0.526. The van der Waals surface area contributed by atoms with Gasteiger partial charge in [0.15, 0.2) is 0 Å². The fraction of sp³-hybridized carbons (Fsp3) is 0.625. The maximum Gasteiger partial charge on any atom is 0.407 e. The molecule has 124 valence electrons. The molecule has 1 atom stereocenters. The lowest BCUT2D eigenvalue weighted by molar-refractivity contribution is 0.0527. The fourth-order valence-electron chi connectivity index (χ4n) is 1.74. The number of aliphatic hydroxyl groups excluding tert-OH is 1. The molecule has 0 spiro atoms. The SMILES string of the molecule is C[C@@H](O)COc1cnccc1CCCNC(=O)OC(C)(C)C. The Hall–Kier alpha value is -1.82. The summed E-state index contributed by atoms with van der Waals surface area (Å²) in [6, 6.07) is 1.88. The molecule has 2 N–H and O–H groups in total. The lowest BCUT2D eigenvalue weighted by Gasteiger charge is -2.19. The maximum atomic E-state index is 11.5. The third-order valence-corrected chi connectivity index (χ3v) is 2.64. The Morgan fingerprint density at radius 1 is 1.45 bits per heavy atom. The summed E-state index contributed by atoms with van der Waals surface area (Å²) in [6.45, 7) is 7.91. The van der Waals surface area contributed by atoms with Gasteiger partial charge in [0.2, 0.25) is 0 Å². The van der Waals surface area contributed by atoms with Crippen molar-refractivity contribution in [3.63, 3.8) is 0 Å². The highest BCUT2D eigenvalue weighted by Gasteiger charge is 2.15. The molecule has 22 heavy (non-hydrogen) atoms. The second-order valence-electron chi connectivity index (χ2n) is 6.18. The number of nitrogens with one attached hydrogen (secondary N) is 1. The monoisotopic (exact) mass is 310 g/mol. The first-order valence-corrected chi connectivity index (χ1v) is 7.48. The third kappa shape index (κ3) is 7.83. The standard InChI is InChI=1S/C16H26N2O4/c1-12(19)11-21-14-10-17-9-7-13(14)6-5-8-18-15(20)22-16(2,3)4/h7,9-10,12,19H,5-6,8,11H2,1-4H3,(H,18,20)/t12-/m1/s1. The van der Waals surface area contributed by atoms with Crippen LogP contribution >= 0.6 is 0 Å². The summed E-state index contributed by atoms with van der Waals surface area (Å²) in [4.78, 5) is 15.5. The van der Waals surface area contributed by atoms with Crippen LogP contribution in [-0.4, -0.2) is 41.0 Å². The first kappa shape index (κ1) is 18.2. The van der Waals surface area contributed by atoms with Gasteiger partial charge in [-0.05, 0) is 52.2 Å². The van der Waals surface area contributed by atoms with Crippen LogP contribution in [0.5, 0.6) is 5.75 Å². The molecular weight excluding hydrogens is 284 g/mol. The highest BCUT2D eigenvalue weighted by molar-refractivity contribution is 5.67. The van der Waals surface area contributed by atoms with Crippen molar-refractivity contribution >= 4 is 6.09 Å². The van der Waals surface area contributed by atoms with Crippen molar-refractivity contribution in [2.75, 3.05) is 13.2 Å². The summed E-state index contributed by atoms with van der Waals surface area (Å²) < 4.78 is 10.7. The van der Waals surface area contributed by atoms with Crippen molar-refractivity contribution < 1.29 is 19.4 Å². The van der Waals surface area contributed by atoms with E-state index in [1.54, 1.807) is 19.3 Å². The van der Waals surface area contributed by atoms with Crippen LogP contribution in [0.4, 0.5) is 4.79 Å². The zero-order valence-corrected chi connectivity index (χ0v) is 13.8. The quantitative estimate of drug-likeness (QED) is 0.755. The van der Waals surface area contributed by atoms with Crippen LogP contribution in [0.3, 0.4) is 0 Å². The molecule has 0 aliphatic heterocycles. The second kappa shape index (κ2) is 8.58. The van der Waals surface area contributed by atoms with Crippen LogP contribution in [0.2, 0.25) is 0 Å². The Labute approximate surface area is 131 Å². The van der Waals surface area contributed by atoms with Gasteiger partial charge in [0, 0.05) is 12.7 Å². The van der Waals surface area contributed by atoms with Gasteiger partial charge in [0.05, 0.1) is 12.3 Å².